The van der Waals surface area contributed by atoms with Crippen molar-refractivity contribution in [2.75, 3.05) is 6.54 Å². The third-order valence-corrected chi connectivity index (χ3v) is 4.32. The fourth-order valence-corrected chi connectivity index (χ4v) is 2.76. The van der Waals surface area contributed by atoms with Crippen molar-refractivity contribution in [2.45, 2.75) is 19.3 Å². The highest BCUT2D eigenvalue weighted by atomic mass is 35.5. The smallest absolute Gasteiger partial charge is 0.120 e. The third kappa shape index (κ3) is 5.60. The zero-order valence-corrected chi connectivity index (χ0v) is 15.2. The molecule has 4 heteroatoms. The minimum Gasteiger partial charge on any atom is -0.489 e. The quantitative estimate of drug-likeness (QED) is 0.604. The van der Waals surface area contributed by atoms with E-state index in [1.807, 2.05) is 78.9 Å². The molecule has 0 saturated carbocycles. The molecule has 2 N–H and O–H groups in total. The molecule has 0 fully saturated rings. The van der Waals surface area contributed by atoms with Gasteiger partial charge >= 0.3 is 0 Å². The molecule has 0 saturated heterocycles. The summed E-state index contributed by atoms with van der Waals surface area (Å²) in [5.74, 6) is 0.822. The first kappa shape index (κ1) is 18.5. The number of hydrogen-bond acceptors (Lipinski definition) is 3. The molecule has 0 bridgehead atoms. The predicted molar refractivity (Wildman–Crippen MR) is 105 cm³/mol. The van der Waals surface area contributed by atoms with E-state index in [1.54, 1.807) is 0 Å². The highest BCUT2D eigenvalue weighted by Crippen LogP contribution is 2.17. The van der Waals surface area contributed by atoms with Gasteiger partial charge in [0.2, 0.25) is 0 Å². The van der Waals surface area contributed by atoms with E-state index < -0.39 is 6.10 Å². The van der Waals surface area contributed by atoms with Gasteiger partial charge in [0.05, 0.1) is 6.10 Å². The van der Waals surface area contributed by atoms with Crippen molar-refractivity contribution in [1.82, 2.24) is 5.32 Å². The van der Waals surface area contributed by atoms with Gasteiger partial charge in [-0.25, -0.2) is 0 Å². The van der Waals surface area contributed by atoms with Crippen molar-refractivity contribution >= 4 is 11.6 Å². The lowest BCUT2D eigenvalue weighted by molar-refractivity contribution is 0.174. The van der Waals surface area contributed by atoms with E-state index in [0.717, 1.165) is 27.5 Å². The van der Waals surface area contributed by atoms with Crippen molar-refractivity contribution in [3.05, 3.63) is 101 Å². The van der Waals surface area contributed by atoms with Crippen LogP contribution in [0.4, 0.5) is 0 Å². The summed E-state index contributed by atoms with van der Waals surface area (Å²) in [6.07, 6.45) is -0.513. The molecule has 3 rings (SSSR count). The fraction of sp³-hybridized carbons (Fsp3) is 0.182. The summed E-state index contributed by atoms with van der Waals surface area (Å²) in [4.78, 5) is 0. The molecular formula is C22H22ClNO2. The van der Waals surface area contributed by atoms with E-state index in [-0.39, 0.29) is 0 Å². The predicted octanol–water partition coefficient (Wildman–Crippen LogP) is 4.74. The minimum absolute atomic E-state index is 0.500. The zero-order chi connectivity index (χ0) is 18.2. The Morgan fingerprint density at radius 3 is 2.42 bits per heavy atom. The van der Waals surface area contributed by atoms with Gasteiger partial charge in [-0.3, -0.25) is 0 Å². The number of nitrogens with one attached hydrogen (secondary N) is 1. The number of rotatable bonds is 8. The van der Waals surface area contributed by atoms with Crippen molar-refractivity contribution in [3.8, 4) is 5.75 Å². The fourth-order valence-electron chi connectivity index (χ4n) is 2.64. The number of aliphatic hydroxyl groups excluding tert-OH is 1. The van der Waals surface area contributed by atoms with Crippen molar-refractivity contribution in [3.63, 3.8) is 0 Å². The van der Waals surface area contributed by atoms with E-state index >= 15 is 0 Å². The van der Waals surface area contributed by atoms with Crippen molar-refractivity contribution in [1.29, 1.82) is 0 Å². The van der Waals surface area contributed by atoms with Gasteiger partial charge in [-0.05, 0) is 41.0 Å². The van der Waals surface area contributed by atoms with Gasteiger partial charge in [-0.15, -0.1) is 0 Å². The van der Waals surface area contributed by atoms with Crippen molar-refractivity contribution < 1.29 is 9.84 Å². The van der Waals surface area contributed by atoms with E-state index in [0.29, 0.717) is 19.7 Å². The summed E-state index contributed by atoms with van der Waals surface area (Å²) in [5.41, 5.74) is 3.10. The topological polar surface area (TPSA) is 41.5 Å². The van der Waals surface area contributed by atoms with Gasteiger partial charge in [0.15, 0.2) is 0 Å². The summed E-state index contributed by atoms with van der Waals surface area (Å²) in [7, 11) is 0. The number of aliphatic hydroxyl groups is 1. The first-order valence-corrected chi connectivity index (χ1v) is 8.98. The lowest BCUT2D eigenvalue weighted by Crippen LogP contribution is -2.21. The van der Waals surface area contributed by atoms with Gasteiger partial charge in [0.1, 0.15) is 12.4 Å². The van der Waals surface area contributed by atoms with Crippen LogP contribution in [0.2, 0.25) is 5.02 Å². The highest BCUT2D eigenvalue weighted by Gasteiger charge is 2.06. The van der Waals surface area contributed by atoms with E-state index in [1.165, 1.54) is 0 Å². The molecule has 0 aliphatic rings. The van der Waals surface area contributed by atoms with Crippen LogP contribution in [-0.4, -0.2) is 11.7 Å². The number of hydrogen-bond donors (Lipinski definition) is 2. The summed E-state index contributed by atoms with van der Waals surface area (Å²) in [5, 5.41) is 14.2. The zero-order valence-electron chi connectivity index (χ0n) is 14.4. The van der Waals surface area contributed by atoms with Crippen LogP contribution in [-0.2, 0) is 13.2 Å². The molecule has 0 aromatic heterocycles. The van der Waals surface area contributed by atoms with Crippen LogP contribution in [0, 0.1) is 0 Å². The Bertz CT molecular complexity index is 806. The van der Waals surface area contributed by atoms with E-state index in [4.69, 9.17) is 16.3 Å². The second kappa shape index (κ2) is 9.39. The molecule has 0 amide bonds. The molecule has 0 unspecified atom stereocenters. The number of halogens is 1. The molecule has 3 nitrogen and oxygen atoms in total. The molecule has 26 heavy (non-hydrogen) atoms. The minimum atomic E-state index is -0.513. The maximum Gasteiger partial charge on any atom is 0.120 e. The average Bonchev–Trinajstić information content (AvgIpc) is 2.68. The highest BCUT2D eigenvalue weighted by molar-refractivity contribution is 6.30. The van der Waals surface area contributed by atoms with Crippen LogP contribution in [0.25, 0.3) is 0 Å². The summed E-state index contributed by atoms with van der Waals surface area (Å²) in [6, 6.07) is 25.3. The molecule has 134 valence electrons. The van der Waals surface area contributed by atoms with Crippen molar-refractivity contribution in [2.24, 2.45) is 0 Å². The monoisotopic (exact) mass is 367 g/mol. The van der Waals surface area contributed by atoms with Crippen LogP contribution in [0.3, 0.4) is 0 Å². The van der Waals surface area contributed by atoms with Gasteiger partial charge in [0.25, 0.3) is 0 Å². The first-order valence-electron chi connectivity index (χ1n) is 8.60. The van der Waals surface area contributed by atoms with Gasteiger partial charge in [-0.1, -0.05) is 66.2 Å². The lowest BCUT2D eigenvalue weighted by Gasteiger charge is -2.13. The van der Waals surface area contributed by atoms with Gasteiger partial charge in [-0.2, -0.15) is 0 Å². The van der Waals surface area contributed by atoms with Crippen LogP contribution < -0.4 is 10.1 Å². The molecule has 3 aromatic carbocycles. The van der Waals surface area contributed by atoms with Crippen LogP contribution >= 0.6 is 11.6 Å². The molecule has 0 spiro atoms. The standard InChI is InChI=1S/C22H22ClNO2/c23-20-11-9-17(10-12-20)16-26-21-8-4-5-18(13-21)14-24-15-22(25)19-6-2-1-3-7-19/h1-13,22,24-25H,14-16H2/t22-/m1/s1. The number of ether oxygens (including phenoxy) is 1. The molecule has 1 atom stereocenters. The van der Waals surface area contributed by atoms with Crippen LogP contribution in [0.1, 0.15) is 22.8 Å². The Morgan fingerprint density at radius 1 is 0.885 bits per heavy atom. The number of benzene rings is 3. The Balaban J connectivity index is 1.48. The normalized spacial score (nSPS) is 11.9. The Kier molecular flexibility index (Phi) is 6.67. The molecule has 0 heterocycles. The van der Waals surface area contributed by atoms with Gasteiger partial charge in [0, 0.05) is 18.1 Å². The lowest BCUT2D eigenvalue weighted by atomic mass is 10.1. The maximum atomic E-state index is 10.2. The SMILES string of the molecule is O[C@H](CNCc1cccc(OCc2ccc(Cl)cc2)c1)c1ccccc1. The molecule has 3 aromatic rings. The average molecular weight is 368 g/mol. The summed E-state index contributed by atoms with van der Waals surface area (Å²) < 4.78 is 5.85. The van der Waals surface area contributed by atoms with Crippen LogP contribution in [0.5, 0.6) is 5.75 Å². The summed E-state index contributed by atoms with van der Waals surface area (Å²) in [6.45, 7) is 1.67. The third-order valence-electron chi connectivity index (χ3n) is 4.07. The Hall–Kier alpha value is -2.33. The largest absolute Gasteiger partial charge is 0.489 e. The Labute approximate surface area is 159 Å². The molecule has 0 aliphatic heterocycles. The Morgan fingerprint density at radius 2 is 1.65 bits per heavy atom. The summed E-state index contributed by atoms with van der Waals surface area (Å²) >= 11 is 5.89. The van der Waals surface area contributed by atoms with Crippen LogP contribution in [0.15, 0.2) is 78.9 Å². The first-order chi connectivity index (χ1) is 12.7. The molecule has 0 radical (unpaired) electrons. The molecule has 0 aliphatic carbocycles. The second-order valence-corrected chi connectivity index (χ2v) is 6.56. The maximum absolute atomic E-state index is 10.2. The van der Waals surface area contributed by atoms with E-state index in [2.05, 4.69) is 5.32 Å². The second-order valence-electron chi connectivity index (χ2n) is 6.12. The van der Waals surface area contributed by atoms with Gasteiger partial charge < -0.3 is 15.2 Å². The van der Waals surface area contributed by atoms with E-state index in [9.17, 15) is 5.11 Å². The molecular weight excluding hydrogens is 346 g/mol.